The minimum absolute atomic E-state index is 0.0134. The number of hydrogen-bond donors (Lipinski definition) is 2. The van der Waals surface area contributed by atoms with Crippen molar-refractivity contribution in [3.8, 4) is 5.75 Å². The summed E-state index contributed by atoms with van der Waals surface area (Å²) in [6.45, 7) is 0. The van der Waals surface area contributed by atoms with Crippen LogP contribution in [0, 0.1) is 0 Å². The van der Waals surface area contributed by atoms with Crippen LogP contribution in [0.15, 0.2) is 81.7 Å². The summed E-state index contributed by atoms with van der Waals surface area (Å²) in [6, 6.07) is 21.2. The van der Waals surface area contributed by atoms with Crippen LogP contribution in [0.4, 0.5) is 11.4 Å². The van der Waals surface area contributed by atoms with Crippen molar-refractivity contribution >= 4 is 50.1 Å². The van der Waals surface area contributed by atoms with Crippen molar-refractivity contribution in [2.24, 2.45) is 0 Å². The predicted molar refractivity (Wildman–Crippen MR) is 119 cm³/mol. The Kier molecular flexibility index (Phi) is 5.54. The van der Waals surface area contributed by atoms with Crippen LogP contribution in [-0.2, 0) is 0 Å². The van der Waals surface area contributed by atoms with Crippen molar-refractivity contribution in [3.05, 3.63) is 88.6 Å². The summed E-state index contributed by atoms with van der Waals surface area (Å²) in [6.07, 6.45) is 0. The van der Waals surface area contributed by atoms with Gasteiger partial charge in [-0.1, -0.05) is 30.3 Å². The van der Waals surface area contributed by atoms with E-state index in [1.165, 1.54) is 0 Å². The Morgan fingerprint density at radius 3 is 2.47 bits per heavy atom. The molecule has 1 heterocycles. The van der Waals surface area contributed by atoms with Gasteiger partial charge in [-0.05, 0) is 52.3 Å². The number of furan rings is 1. The topological polar surface area (TPSA) is 80.6 Å². The summed E-state index contributed by atoms with van der Waals surface area (Å²) in [5, 5.41) is 6.25. The van der Waals surface area contributed by atoms with Crippen molar-refractivity contribution in [3.63, 3.8) is 0 Å². The van der Waals surface area contributed by atoms with Crippen LogP contribution >= 0.6 is 15.9 Å². The molecule has 2 N–H and O–H groups in total. The number of hydrogen-bond acceptors (Lipinski definition) is 4. The molecular formula is C23H17BrN2O4. The molecule has 4 aromatic rings. The van der Waals surface area contributed by atoms with Crippen LogP contribution in [0.2, 0.25) is 0 Å². The first-order valence-electron chi connectivity index (χ1n) is 9.09. The van der Waals surface area contributed by atoms with Gasteiger partial charge in [0.1, 0.15) is 17.0 Å². The van der Waals surface area contributed by atoms with Gasteiger partial charge >= 0.3 is 0 Å². The number of nitrogens with one attached hydrogen (secondary N) is 2. The summed E-state index contributed by atoms with van der Waals surface area (Å²) >= 11 is 3.38. The van der Waals surface area contributed by atoms with E-state index in [1.807, 2.05) is 12.1 Å². The van der Waals surface area contributed by atoms with Crippen molar-refractivity contribution in [1.29, 1.82) is 0 Å². The first kappa shape index (κ1) is 19.7. The molecule has 0 radical (unpaired) electrons. The molecular weight excluding hydrogens is 448 g/mol. The van der Waals surface area contributed by atoms with Crippen molar-refractivity contribution in [1.82, 2.24) is 0 Å². The average Bonchev–Trinajstić information content (AvgIpc) is 3.12. The zero-order valence-corrected chi connectivity index (χ0v) is 17.5. The molecule has 0 unspecified atom stereocenters. The van der Waals surface area contributed by atoms with E-state index in [4.69, 9.17) is 9.15 Å². The Balaban J connectivity index is 1.70. The number of anilines is 2. The third-order valence-corrected chi connectivity index (χ3v) is 5.18. The Bertz CT molecular complexity index is 1250. The van der Waals surface area contributed by atoms with Crippen LogP contribution in [0.1, 0.15) is 20.9 Å². The number of fused-ring (bicyclic) bond motifs is 1. The van der Waals surface area contributed by atoms with Crippen LogP contribution in [0.3, 0.4) is 0 Å². The largest absolute Gasteiger partial charge is 0.497 e. The number of halogens is 1. The Labute approximate surface area is 181 Å². The zero-order chi connectivity index (χ0) is 21.1. The molecule has 0 spiro atoms. The highest BCUT2D eigenvalue weighted by Gasteiger charge is 2.23. The van der Waals surface area contributed by atoms with Crippen LogP contribution in [0.5, 0.6) is 5.75 Å². The summed E-state index contributed by atoms with van der Waals surface area (Å²) < 4.78 is 11.6. The zero-order valence-electron chi connectivity index (χ0n) is 15.9. The van der Waals surface area contributed by atoms with E-state index in [-0.39, 0.29) is 11.7 Å². The molecule has 6 nitrogen and oxygen atoms in total. The normalized spacial score (nSPS) is 10.6. The van der Waals surface area contributed by atoms with Gasteiger partial charge in [-0.25, -0.2) is 0 Å². The van der Waals surface area contributed by atoms with E-state index in [1.54, 1.807) is 67.8 Å². The van der Waals surface area contributed by atoms with Gasteiger partial charge in [0.15, 0.2) is 0 Å². The van der Waals surface area contributed by atoms with E-state index >= 15 is 0 Å². The molecule has 7 heteroatoms. The van der Waals surface area contributed by atoms with Crippen LogP contribution < -0.4 is 15.4 Å². The molecule has 0 bridgehead atoms. The molecule has 0 aliphatic rings. The second-order valence-corrected chi connectivity index (χ2v) is 7.28. The molecule has 150 valence electrons. The van der Waals surface area contributed by atoms with E-state index in [9.17, 15) is 9.59 Å². The highest BCUT2D eigenvalue weighted by atomic mass is 79.9. The van der Waals surface area contributed by atoms with Gasteiger partial charge in [0, 0.05) is 21.6 Å². The molecule has 0 aliphatic carbocycles. The molecule has 2 amide bonds. The van der Waals surface area contributed by atoms with Crippen LogP contribution in [-0.4, -0.2) is 18.9 Å². The summed E-state index contributed by atoms with van der Waals surface area (Å²) in [7, 11) is 1.55. The van der Waals surface area contributed by atoms with Gasteiger partial charge in [0.25, 0.3) is 11.8 Å². The number of ether oxygens (including phenoxy) is 1. The molecule has 0 atom stereocenters. The summed E-state index contributed by atoms with van der Waals surface area (Å²) in [5.41, 5.74) is 1.80. The van der Waals surface area contributed by atoms with Gasteiger partial charge in [0.05, 0.1) is 12.7 Å². The highest BCUT2D eigenvalue weighted by Crippen LogP contribution is 2.32. The predicted octanol–water partition coefficient (Wildman–Crippen LogP) is 5.71. The Morgan fingerprint density at radius 2 is 1.67 bits per heavy atom. The SMILES string of the molecule is COc1cccc(NC(=O)c2oc3ccccc3c2NC(=O)c2ccccc2Br)c1. The number of amides is 2. The molecule has 0 aliphatic heterocycles. The number of methoxy groups -OCH3 is 1. The lowest BCUT2D eigenvalue weighted by Gasteiger charge is -2.09. The van der Waals surface area contributed by atoms with Crippen LogP contribution in [0.25, 0.3) is 11.0 Å². The van der Waals surface area contributed by atoms with Crippen molar-refractivity contribution < 1.29 is 18.7 Å². The third-order valence-electron chi connectivity index (χ3n) is 4.49. The number of para-hydroxylation sites is 1. The third kappa shape index (κ3) is 3.92. The van der Waals surface area contributed by atoms with Gasteiger partial charge in [-0.3, -0.25) is 9.59 Å². The van der Waals surface area contributed by atoms with Crippen molar-refractivity contribution in [2.75, 3.05) is 17.7 Å². The Morgan fingerprint density at radius 1 is 0.900 bits per heavy atom. The molecule has 3 aromatic carbocycles. The van der Waals surface area contributed by atoms with E-state index in [0.717, 1.165) is 0 Å². The van der Waals surface area contributed by atoms with Gasteiger partial charge in [-0.15, -0.1) is 0 Å². The second kappa shape index (κ2) is 8.42. The maximum atomic E-state index is 13.0. The Hall–Kier alpha value is -3.58. The minimum atomic E-state index is -0.484. The first-order chi connectivity index (χ1) is 14.6. The van der Waals surface area contributed by atoms with Gasteiger partial charge in [-0.2, -0.15) is 0 Å². The van der Waals surface area contributed by atoms with E-state index in [2.05, 4.69) is 26.6 Å². The average molecular weight is 465 g/mol. The summed E-state index contributed by atoms with van der Waals surface area (Å²) in [4.78, 5) is 25.8. The highest BCUT2D eigenvalue weighted by molar-refractivity contribution is 9.10. The second-order valence-electron chi connectivity index (χ2n) is 6.42. The lowest BCUT2D eigenvalue weighted by molar-refractivity contribution is 0.0999. The summed E-state index contributed by atoms with van der Waals surface area (Å²) in [5.74, 6) is -0.217. The molecule has 4 rings (SSSR count). The quantitative estimate of drug-likeness (QED) is 0.396. The lowest BCUT2D eigenvalue weighted by Crippen LogP contribution is -2.17. The number of carbonyl (C=O) groups is 2. The fraction of sp³-hybridized carbons (Fsp3) is 0.0435. The number of rotatable bonds is 5. The number of carbonyl (C=O) groups excluding carboxylic acids is 2. The van der Waals surface area contributed by atoms with Crippen molar-refractivity contribution in [2.45, 2.75) is 0 Å². The minimum Gasteiger partial charge on any atom is -0.497 e. The standard InChI is InChI=1S/C23H17BrN2O4/c1-29-15-8-6-7-14(13-15)25-23(28)21-20(17-10-3-5-12-19(17)30-21)26-22(27)16-9-2-4-11-18(16)24/h2-13H,1H3,(H,25,28)(H,26,27). The van der Waals surface area contributed by atoms with E-state index in [0.29, 0.717) is 38.1 Å². The molecule has 30 heavy (non-hydrogen) atoms. The fourth-order valence-electron chi connectivity index (χ4n) is 3.04. The maximum absolute atomic E-state index is 13.0. The lowest BCUT2D eigenvalue weighted by atomic mass is 10.1. The van der Waals surface area contributed by atoms with Gasteiger partial charge < -0.3 is 19.8 Å². The van der Waals surface area contributed by atoms with Gasteiger partial charge in [0.2, 0.25) is 5.76 Å². The molecule has 0 saturated carbocycles. The molecule has 1 aromatic heterocycles. The maximum Gasteiger partial charge on any atom is 0.293 e. The monoisotopic (exact) mass is 464 g/mol. The molecule has 0 saturated heterocycles. The fourth-order valence-corrected chi connectivity index (χ4v) is 3.51. The van der Waals surface area contributed by atoms with E-state index < -0.39 is 5.91 Å². The number of benzene rings is 3. The first-order valence-corrected chi connectivity index (χ1v) is 9.89. The smallest absolute Gasteiger partial charge is 0.293 e. The molecule has 0 fully saturated rings.